The Morgan fingerprint density at radius 3 is 2.14 bits per heavy atom. The molecule has 0 N–H and O–H groups in total. The predicted molar refractivity (Wildman–Crippen MR) is 177 cm³/mol. The van der Waals surface area contributed by atoms with Crippen LogP contribution in [0, 0.1) is 6.92 Å². The second-order valence-electron chi connectivity index (χ2n) is 10.8. The van der Waals surface area contributed by atoms with Crippen LogP contribution in [0.4, 0.5) is 5.69 Å². The molecule has 0 amide bonds. The maximum atomic E-state index is 6.07. The van der Waals surface area contributed by atoms with E-state index in [1.807, 2.05) is 42.5 Å². The van der Waals surface area contributed by atoms with Gasteiger partial charge in [-0.1, -0.05) is 127 Å². The lowest BCUT2D eigenvalue weighted by atomic mass is 9.98. The number of oxazole rings is 1. The molecule has 4 nitrogen and oxygen atoms in total. The molecule has 4 heteroatoms. The van der Waals surface area contributed by atoms with Gasteiger partial charge in [0.25, 0.3) is 0 Å². The van der Waals surface area contributed by atoms with Crippen molar-refractivity contribution in [2.24, 2.45) is 5.10 Å². The molecule has 2 heterocycles. The minimum absolute atomic E-state index is 0.152. The Kier molecular flexibility index (Phi) is 7.24. The van der Waals surface area contributed by atoms with Crippen molar-refractivity contribution >= 4 is 23.6 Å². The van der Waals surface area contributed by atoms with Crippen LogP contribution in [0.25, 0.3) is 34.9 Å². The molecule has 5 aromatic carbocycles. The number of benzene rings is 5. The predicted octanol–water partition coefficient (Wildman–Crippen LogP) is 9.84. The van der Waals surface area contributed by atoms with E-state index in [-0.39, 0.29) is 6.04 Å². The van der Waals surface area contributed by atoms with Crippen molar-refractivity contribution < 1.29 is 4.42 Å². The quantitative estimate of drug-likeness (QED) is 0.183. The molecule has 0 radical (unpaired) electrons. The van der Waals surface area contributed by atoms with Crippen molar-refractivity contribution in [3.05, 3.63) is 167 Å². The summed E-state index contributed by atoms with van der Waals surface area (Å²) in [5.41, 5.74) is 10.0. The van der Waals surface area contributed by atoms with E-state index in [1.54, 1.807) is 6.20 Å². The van der Waals surface area contributed by atoms with Crippen LogP contribution in [-0.2, 0) is 0 Å². The lowest BCUT2D eigenvalue weighted by molar-refractivity contribution is 0.589. The standard InChI is InChI=1S/C39H31N3O/c1-28-15-21-31(22-16-28)36-26-37(32-10-4-2-5-11-32)42(41-36)35-23-19-29(20-24-35)17-18-30-9-8-14-34(25-30)39-40-27-38(43-39)33-12-6-3-7-13-33/h2-25,27,37H,26H2,1H3/b18-17+/t37-/m1/s1. The van der Waals surface area contributed by atoms with Crippen LogP contribution in [-0.4, -0.2) is 10.7 Å². The second-order valence-corrected chi connectivity index (χ2v) is 10.8. The Balaban J connectivity index is 1.11. The van der Waals surface area contributed by atoms with E-state index in [0.717, 1.165) is 45.8 Å². The van der Waals surface area contributed by atoms with E-state index in [0.29, 0.717) is 5.89 Å². The first-order valence-electron chi connectivity index (χ1n) is 14.6. The average Bonchev–Trinajstić information content (AvgIpc) is 3.75. The molecular weight excluding hydrogens is 526 g/mol. The number of hydrogen-bond donors (Lipinski definition) is 0. The van der Waals surface area contributed by atoms with Crippen LogP contribution < -0.4 is 5.01 Å². The van der Waals surface area contributed by atoms with Gasteiger partial charge >= 0.3 is 0 Å². The zero-order chi connectivity index (χ0) is 29.0. The van der Waals surface area contributed by atoms with E-state index >= 15 is 0 Å². The van der Waals surface area contributed by atoms with Gasteiger partial charge in [0.05, 0.1) is 23.6 Å². The summed E-state index contributed by atoms with van der Waals surface area (Å²) in [6, 6.07) is 46.4. The summed E-state index contributed by atoms with van der Waals surface area (Å²) in [4.78, 5) is 4.52. The Morgan fingerprint density at radius 2 is 1.37 bits per heavy atom. The van der Waals surface area contributed by atoms with Crippen LogP contribution in [0.15, 0.2) is 149 Å². The number of rotatable bonds is 7. The van der Waals surface area contributed by atoms with Crippen LogP contribution in [0.5, 0.6) is 0 Å². The highest BCUT2D eigenvalue weighted by atomic mass is 16.4. The SMILES string of the molecule is Cc1ccc(C2=NN(c3ccc(/C=C/c4cccc(-c5ncc(-c6ccccc6)o5)c4)cc3)[C@@H](c3ccccc3)C2)cc1. The molecule has 0 aliphatic carbocycles. The van der Waals surface area contributed by atoms with Crippen LogP contribution in [0.3, 0.4) is 0 Å². The van der Waals surface area contributed by atoms with Crippen molar-refractivity contribution in [1.82, 2.24) is 4.98 Å². The van der Waals surface area contributed by atoms with Crippen molar-refractivity contribution in [2.45, 2.75) is 19.4 Å². The van der Waals surface area contributed by atoms with Gasteiger partial charge in [-0.2, -0.15) is 5.10 Å². The van der Waals surface area contributed by atoms with Gasteiger partial charge in [0.2, 0.25) is 5.89 Å². The number of nitrogens with zero attached hydrogens (tertiary/aromatic N) is 3. The van der Waals surface area contributed by atoms with E-state index in [9.17, 15) is 0 Å². The van der Waals surface area contributed by atoms with Gasteiger partial charge in [-0.15, -0.1) is 0 Å². The van der Waals surface area contributed by atoms with E-state index in [2.05, 4.69) is 120 Å². The fraction of sp³-hybridized carbons (Fsp3) is 0.0769. The zero-order valence-electron chi connectivity index (χ0n) is 24.0. The third-order valence-corrected chi connectivity index (χ3v) is 7.80. The minimum Gasteiger partial charge on any atom is -0.436 e. The third-order valence-electron chi connectivity index (χ3n) is 7.80. The number of hydrazone groups is 1. The largest absolute Gasteiger partial charge is 0.436 e. The number of aryl methyl sites for hydroxylation is 1. The van der Waals surface area contributed by atoms with Crippen molar-refractivity contribution in [2.75, 3.05) is 5.01 Å². The van der Waals surface area contributed by atoms with Gasteiger partial charge in [0.1, 0.15) is 0 Å². The van der Waals surface area contributed by atoms with Gasteiger partial charge < -0.3 is 4.42 Å². The molecule has 1 aliphatic heterocycles. The third kappa shape index (κ3) is 5.81. The van der Waals surface area contributed by atoms with Crippen LogP contribution in [0.2, 0.25) is 0 Å². The molecule has 208 valence electrons. The molecule has 0 unspecified atom stereocenters. The van der Waals surface area contributed by atoms with Gasteiger partial charge in [0, 0.05) is 17.5 Å². The van der Waals surface area contributed by atoms with E-state index in [1.165, 1.54) is 16.7 Å². The Bertz CT molecular complexity index is 1890. The molecule has 0 bridgehead atoms. The number of hydrogen-bond acceptors (Lipinski definition) is 4. The van der Waals surface area contributed by atoms with Crippen molar-refractivity contribution in [1.29, 1.82) is 0 Å². The Labute approximate surface area is 252 Å². The number of aromatic nitrogens is 1. The summed E-state index contributed by atoms with van der Waals surface area (Å²) in [5.74, 6) is 1.38. The first-order chi connectivity index (χ1) is 21.2. The maximum absolute atomic E-state index is 6.07. The second kappa shape index (κ2) is 11.8. The molecule has 0 spiro atoms. The average molecular weight is 558 g/mol. The Hall–Kier alpha value is -5.48. The summed E-state index contributed by atoms with van der Waals surface area (Å²) in [5, 5.41) is 7.28. The van der Waals surface area contributed by atoms with Crippen LogP contribution in [0.1, 0.15) is 40.3 Å². The van der Waals surface area contributed by atoms with Gasteiger partial charge in [-0.05, 0) is 53.4 Å². The highest BCUT2D eigenvalue weighted by molar-refractivity contribution is 6.03. The topological polar surface area (TPSA) is 41.6 Å². The summed E-state index contributed by atoms with van der Waals surface area (Å²) in [6.07, 6.45) is 6.90. The molecular formula is C39H31N3O. The monoisotopic (exact) mass is 557 g/mol. The fourth-order valence-electron chi connectivity index (χ4n) is 5.45. The van der Waals surface area contributed by atoms with Crippen molar-refractivity contribution in [3.8, 4) is 22.8 Å². The molecule has 43 heavy (non-hydrogen) atoms. The summed E-state index contributed by atoms with van der Waals surface area (Å²) >= 11 is 0. The van der Waals surface area contributed by atoms with Gasteiger partial charge in [0.15, 0.2) is 5.76 Å². The summed E-state index contributed by atoms with van der Waals surface area (Å²) < 4.78 is 6.07. The molecule has 1 aromatic heterocycles. The summed E-state index contributed by atoms with van der Waals surface area (Å²) in [6.45, 7) is 2.12. The number of anilines is 1. The molecule has 0 saturated carbocycles. The lowest BCUT2D eigenvalue weighted by Gasteiger charge is -2.24. The van der Waals surface area contributed by atoms with Gasteiger partial charge in [-0.25, -0.2) is 4.98 Å². The van der Waals surface area contributed by atoms with Crippen molar-refractivity contribution in [3.63, 3.8) is 0 Å². The molecule has 7 rings (SSSR count). The molecule has 1 atom stereocenters. The van der Waals surface area contributed by atoms with Crippen LogP contribution >= 0.6 is 0 Å². The smallest absolute Gasteiger partial charge is 0.226 e. The molecule has 0 saturated heterocycles. The highest BCUT2D eigenvalue weighted by Gasteiger charge is 2.29. The lowest BCUT2D eigenvalue weighted by Crippen LogP contribution is -2.18. The van der Waals surface area contributed by atoms with E-state index < -0.39 is 0 Å². The van der Waals surface area contributed by atoms with Gasteiger partial charge in [-0.3, -0.25) is 5.01 Å². The molecule has 0 fully saturated rings. The molecule has 6 aromatic rings. The maximum Gasteiger partial charge on any atom is 0.226 e. The summed E-state index contributed by atoms with van der Waals surface area (Å²) in [7, 11) is 0. The van der Waals surface area contributed by atoms with E-state index in [4.69, 9.17) is 9.52 Å². The first kappa shape index (κ1) is 26.4. The first-order valence-corrected chi connectivity index (χ1v) is 14.6. The highest BCUT2D eigenvalue weighted by Crippen LogP contribution is 2.37. The minimum atomic E-state index is 0.152. The molecule has 1 aliphatic rings. The Morgan fingerprint density at radius 1 is 0.674 bits per heavy atom. The zero-order valence-corrected chi connectivity index (χ0v) is 24.0. The fourth-order valence-corrected chi connectivity index (χ4v) is 5.45. The normalized spacial score (nSPS) is 14.8.